The maximum atomic E-state index is 13.0. The number of benzene rings is 1. The molecule has 1 aromatic carbocycles. The van der Waals surface area contributed by atoms with Crippen molar-refractivity contribution < 1.29 is 14.3 Å². The summed E-state index contributed by atoms with van der Waals surface area (Å²) in [6.45, 7) is 2.83. The molecule has 1 saturated carbocycles. The summed E-state index contributed by atoms with van der Waals surface area (Å²) in [6, 6.07) is 7.78. The van der Waals surface area contributed by atoms with Crippen molar-refractivity contribution in [3.63, 3.8) is 0 Å². The number of methoxy groups -OCH3 is 2. The molecule has 2 aromatic rings. The van der Waals surface area contributed by atoms with Gasteiger partial charge in [-0.15, -0.1) is 0 Å². The maximum Gasteiger partial charge on any atom is 0.318 e. The molecule has 1 fully saturated rings. The molecule has 7 heteroatoms. The third-order valence-electron chi connectivity index (χ3n) is 5.03. The molecule has 0 spiro atoms. The second-order valence-corrected chi connectivity index (χ2v) is 6.94. The van der Waals surface area contributed by atoms with E-state index in [0.717, 1.165) is 54.1 Å². The van der Waals surface area contributed by atoms with Gasteiger partial charge in [-0.1, -0.05) is 12.8 Å². The van der Waals surface area contributed by atoms with E-state index in [1.165, 1.54) is 0 Å². The number of aromatic nitrogens is 2. The predicted molar refractivity (Wildman–Crippen MR) is 103 cm³/mol. The molecule has 0 saturated heterocycles. The highest BCUT2D eigenvalue weighted by atomic mass is 16.5. The van der Waals surface area contributed by atoms with E-state index in [2.05, 4.69) is 15.5 Å². The molecule has 146 valence electrons. The first-order valence-electron chi connectivity index (χ1n) is 9.37. The van der Waals surface area contributed by atoms with Gasteiger partial charge in [0.25, 0.3) is 0 Å². The van der Waals surface area contributed by atoms with E-state index in [9.17, 15) is 4.79 Å². The number of rotatable bonds is 7. The molecule has 1 aromatic heterocycles. The van der Waals surface area contributed by atoms with Crippen molar-refractivity contribution >= 4 is 6.03 Å². The Morgan fingerprint density at radius 2 is 2.04 bits per heavy atom. The lowest BCUT2D eigenvalue weighted by Gasteiger charge is -2.30. The van der Waals surface area contributed by atoms with Crippen LogP contribution in [0.2, 0.25) is 0 Å². The summed E-state index contributed by atoms with van der Waals surface area (Å²) >= 11 is 0. The van der Waals surface area contributed by atoms with Crippen LogP contribution < -0.4 is 14.8 Å². The van der Waals surface area contributed by atoms with E-state index in [-0.39, 0.29) is 12.1 Å². The minimum Gasteiger partial charge on any atom is -0.497 e. The molecule has 1 heterocycles. The molecule has 27 heavy (non-hydrogen) atoms. The van der Waals surface area contributed by atoms with Gasteiger partial charge >= 0.3 is 6.03 Å². The number of ether oxygens (including phenoxy) is 2. The van der Waals surface area contributed by atoms with Crippen molar-refractivity contribution in [2.75, 3.05) is 14.2 Å². The fraction of sp³-hybridized carbons (Fsp3) is 0.500. The van der Waals surface area contributed by atoms with Gasteiger partial charge < -0.3 is 19.7 Å². The van der Waals surface area contributed by atoms with Crippen LogP contribution in [0.25, 0.3) is 0 Å². The van der Waals surface area contributed by atoms with E-state index in [0.29, 0.717) is 13.1 Å². The lowest BCUT2D eigenvalue weighted by molar-refractivity contribution is 0.169. The molecule has 0 bridgehead atoms. The highest BCUT2D eigenvalue weighted by Gasteiger charge is 2.27. The SMILES string of the molecule is COc1ccc(OC)c(CN(C(=O)NCc2cc(C)[nH]n2)C2CCCC2)c1. The van der Waals surface area contributed by atoms with Crippen LogP contribution in [0.15, 0.2) is 24.3 Å². The fourth-order valence-electron chi connectivity index (χ4n) is 3.60. The molecule has 2 N–H and O–H groups in total. The Morgan fingerprint density at radius 3 is 2.67 bits per heavy atom. The Balaban J connectivity index is 1.76. The van der Waals surface area contributed by atoms with Gasteiger partial charge in [-0.2, -0.15) is 5.10 Å². The number of hydrogen-bond donors (Lipinski definition) is 2. The Hall–Kier alpha value is -2.70. The predicted octanol–water partition coefficient (Wildman–Crippen LogP) is 3.39. The molecule has 1 aliphatic carbocycles. The van der Waals surface area contributed by atoms with Crippen LogP contribution in [0.5, 0.6) is 11.5 Å². The average Bonchev–Trinajstić information content (AvgIpc) is 3.35. The third kappa shape index (κ3) is 4.72. The first-order chi connectivity index (χ1) is 13.1. The normalized spacial score (nSPS) is 14.2. The number of aryl methyl sites for hydroxylation is 1. The highest BCUT2D eigenvalue weighted by molar-refractivity contribution is 5.74. The molecule has 7 nitrogen and oxygen atoms in total. The number of urea groups is 1. The summed E-state index contributed by atoms with van der Waals surface area (Å²) in [6.07, 6.45) is 4.37. The average molecular weight is 372 g/mol. The summed E-state index contributed by atoms with van der Waals surface area (Å²) < 4.78 is 10.8. The van der Waals surface area contributed by atoms with Gasteiger partial charge in [-0.05, 0) is 44.0 Å². The second kappa shape index (κ2) is 8.79. The van der Waals surface area contributed by atoms with E-state index in [1.807, 2.05) is 36.1 Å². The molecule has 1 aliphatic rings. The highest BCUT2D eigenvalue weighted by Crippen LogP contribution is 2.29. The van der Waals surface area contributed by atoms with Crippen LogP contribution in [0.4, 0.5) is 4.79 Å². The van der Waals surface area contributed by atoms with Crippen LogP contribution in [0.3, 0.4) is 0 Å². The zero-order chi connectivity index (χ0) is 19.2. The molecule has 0 radical (unpaired) electrons. The number of carbonyl (C=O) groups excluding carboxylic acids is 1. The van der Waals surface area contributed by atoms with E-state index < -0.39 is 0 Å². The van der Waals surface area contributed by atoms with Crippen LogP contribution in [0.1, 0.15) is 42.6 Å². The van der Waals surface area contributed by atoms with Gasteiger partial charge in [-0.3, -0.25) is 5.10 Å². The maximum absolute atomic E-state index is 13.0. The Kier molecular flexibility index (Phi) is 6.21. The van der Waals surface area contributed by atoms with Gasteiger partial charge in [0.1, 0.15) is 11.5 Å². The summed E-state index contributed by atoms with van der Waals surface area (Å²) in [5.74, 6) is 1.51. The standard InChI is InChI=1S/C20H28N4O3/c1-14-10-16(23-22-14)12-21-20(25)24(17-6-4-5-7-17)13-15-11-18(26-2)8-9-19(15)27-3/h8-11,17H,4-7,12-13H2,1-3H3,(H,21,25)(H,22,23). The lowest BCUT2D eigenvalue weighted by Crippen LogP contribution is -2.44. The van der Waals surface area contributed by atoms with Crippen LogP contribution in [0, 0.1) is 6.92 Å². The van der Waals surface area contributed by atoms with Crippen molar-refractivity contribution in [1.29, 1.82) is 0 Å². The number of nitrogens with zero attached hydrogens (tertiary/aromatic N) is 2. The van der Waals surface area contributed by atoms with Crippen LogP contribution in [-0.4, -0.2) is 41.4 Å². The molecule has 0 unspecified atom stereocenters. The minimum atomic E-state index is -0.0765. The van der Waals surface area contributed by atoms with E-state index in [1.54, 1.807) is 14.2 Å². The number of aromatic amines is 1. The first kappa shape index (κ1) is 19.1. The van der Waals surface area contributed by atoms with Gasteiger partial charge in [-0.25, -0.2) is 4.79 Å². The monoisotopic (exact) mass is 372 g/mol. The Labute approximate surface area is 160 Å². The van der Waals surface area contributed by atoms with Gasteiger partial charge in [0.05, 0.1) is 33.0 Å². The number of carbonyl (C=O) groups is 1. The summed E-state index contributed by atoms with van der Waals surface area (Å²) in [5.41, 5.74) is 2.74. The summed E-state index contributed by atoms with van der Waals surface area (Å²) in [5, 5.41) is 10.1. The second-order valence-electron chi connectivity index (χ2n) is 6.94. The number of H-pyrrole nitrogens is 1. The fourth-order valence-corrected chi connectivity index (χ4v) is 3.60. The topological polar surface area (TPSA) is 79.5 Å². The van der Waals surface area contributed by atoms with Crippen LogP contribution in [-0.2, 0) is 13.1 Å². The van der Waals surface area contributed by atoms with Crippen molar-refractivity contribution in [3.8, 4) is 11.5 Å². The number of nitrogens with one attached hydrogen (secondary N) is 2. The summed E-state index contributed by atoms with van der Waals surface area (Å²) in [7, 11) is 3.28. The molecule has 3 rings (SSSR count). The zero-order valence-corrected chi connectivity index (χ0v) is 16.2. The van der Waals surface area contributed by atoms with Gasteiger partial charge in [0.15, 0.2) is 0 Å². The number of amides is 2. The van der Waals surface area contributed by atoms with Crippen molar-refractivity contribution in [2.45, 2.75) is 51.7 Å². The molecular weight excluding hydrogens is 344 g/mol. The molecule has 0 atom stereocenters. The smallest absolute Gasteiger partial charge is 0.318 e. The van der Waals surface area contributed by atoms with Crippen molar-refractivity contribution in [1.82, 2.24) is 20.4 Å². The summed E-state index contributed by atoms with van der Waals surface area (Å²) in [4.78, 5) is 14.9. The van der Waals surface area contributed by atoms with Crippen molar-refractivity contribution in [3.05, 3.63) is 41.2 Å². The largest absolute Gasteiger partial charge is 0.497 e. The van der Waals surface area contributed by atoms with Gasteiger partial charge in [0, 0.05) is 17.3 Å². The molecule has 0 aliphatic heterocycles. The zero-order valence-electron chi connectivity index (χ0n) is 16.2. The van der Waals surface area contributed by atoms with Crippen LogP contribution >= 0.6 is 0 Å². The molecular formula is C20H28N4O3. The Morgan fingerprint density at radius 1 is 1.26 bits per heavy atom. The molecule has 2 amide bonds. The quantitative estimate of drug-likeness (QED) is 0.781. The Bertz CT molecular complexity index is 768. The van der Waals surface area contributed by atoms with E-state index in [4.69, 9.17) is 9.47 Å². The minimum absolute atomic E-state index is 0.0765. The van der Waals surface area contributed by atoms with Gasteiger partial charge in [0.2, 0.25) is 0 Å². The van der Waals surface area contributed by atoms with Crippen molar-refractivity contribution in [2.24, 2.45) is 0 Å². The lowest BCUT2D eigenvalue weighted by atomic mass is 10.1. The van der Waals surface area contributed by atoms with E-state index >= 15 is 0 Å². The first-order valence-corrected chi connectivity index (χ1v) is 9.37. The third-order valence-corrected chi connectivity index (χ3v) is 5.03. The number of hydrogen-bond acceptors (Lipinski definition) is 4.